The summed E-state index contributed by atoms with van der Waals surface area (Å²) in [5.41, 5.74) is 0.205. The first kappa shape index (κ1) is 22.8. The van der Waals surface area contributed by atoms with Crippen molar-refractivity contribution in [1.82, 2.24) is 19.7 Å². The zero-order valence-corrected chi connectivity index (χ0v) is 18.5. The zero-order chi connectivity index (χ0) is 24.3. The molecule has 2 saturated heterocycles. The first-order valence-electron chi connectivity index (χ1n) is 11.2. The number of ketones is 1. The monoisotopic (exact) mass is 479 g/mol. The van der Waals surface area contributed by atoms with Crippen LogP contribution in [-0.2, 0) is 25.9 Å². The second-order valence-electron chi connectivity index (χ2n) is 9.32. The van der Waals surface area contributed by atoms with Gasteiger partial charge in [-0.1, -0.05) is 0 Å². The maximum absolute atomic E-state index is 13.6. The number of halogens is 3. The third kappa shape index (κ3) is 3.73. The van der Waals surface area contributed by atoms with Crippen molar-refractivity contribution in [2.24, 2.45) is 0 Å². The number of hydrogen-bond donors (Lipinski definition) is 1. The molecule has 9 nitrogen and oxygen atoms in total. The van der Waals surface area contributed by atoms with Gasteiger partial charge in [0.25, 0.3) is 0 Å². The average Bonchev–Trinajstić information content (AvgIpc) is 3.09. The van der Waals surface area contributed by atoms with Gasteiger partial charge in [0.15, 0.2) is 0 Å². The first-order valence-corrected chi connectivity index (χ1v) is 11.2. The fourth-order valence-electron chi connectivity index (χ4n) is 5.04. The lowest BCUT2D eigenvalue weighted by Crippen LogP contribution is -2.49. The van der Waals surface area contributed by atoms with Gasteiger partial charge in [-0.15, -0.1) is 0 Å². The number of Topliss-reactive ketones (excluding diaryl/α,β-unsaturated/α-hetero) is 1. The number of rotatable bonds is 5. The molecule has 2 aliphatic heterocycles. The lowest BCUT2D eigenvalue weighted by atomic mass is 9.65. The summed E-state index contributed by atoms with van der Waals surface area (Å²) in [6.07, 6.45) is -2.38. The van der Waals surface area contributed by atoms with Gasteiger partial charge in [-0.05, 0) is 25.3 Å². The fraction of sp³-hybridized carbons (Fsp3) is 0.591. The lowest BCUT2D eigenvalue weighted by Gasteiger charge is -2.38. The number of aromatic nitrogens is 4. The highest BCUT2D eigenvalue weighted by Crippen LogP contribution is 2.43. The van der Waals surface area contributed by atoms with Gasteiger partial charge in [-0.3, -0.25) is 14.3 Å². The predicted octanol–water partition coefficient (Wildman–Crippen LogP) is 2.64. The number of aryl methyl sites for hydroxylation is 1. The highest BCUT2D eigenvalue weighted by Gasteiger charge is 2.54. The Kier molecular flexibility index (Phi) is 5.38. The van der Waals surface area contributed by atoms with Crippen LogP contribution in [0.3, 0.4) is 0 Å². The Hall–Kier alpha value is -3.02. The van der Waals surface area contributed by atoms with Crippen molar-refractivity contribution in [3.63, 3.8) is 0 Å². The van der Waals surface area contributed by atoms with Crippen LogP contribution in [0.2, 0.25) is 0 Å². The minimum atomic E-state index is -4.84. The number of carboxylic acid groups (broad SMARTS) is 1. The van der Waals surface area contributed by atoms with Crippen molar-refractivity contribution in [3.8, 4) is 0 Å². The summed E-state index contributed by atoms with van der Waals surface area (Å²) in [6, 6.07) is 1.51. The number of ether oxygens (including phenoxy) is 1. The Morgan fingerprint density at radius 2 is 1.88 bits per heavy atom. The maximum atomic E-state index is 13.6. The Balaban J connectivity index is 1.41. The van der Waals surface area contributed by atoms with E-state index in [4.69, 9.17) is 4.74 Å². The molecule has 0 bridgehead atoms. The van der Waals surface area contributed by atoms with Gasteiger partial charge < -0.3 is 14.7 Å². The molecule has 34 heavy (non-hydrogen) atoms. The zero-order valence-electron chi connectivity index (χ0n) is 18.5. The Morgan fingerprint density at radius 3 is 2.41 bits per heavy atom. The highest BCUT2D eigenvalue weighted by atomic mass is 19.4. The summed E-state index contributed by atoms with van der Waals surface area (Å²) in [6.45, 7) is 4.13. The molecule has 0 aromatic carbocycles. The largest absolute Gasteiger partial charge is 0.481 e. The van der Waals surface area contributed by atoms with Crippen molar-refractivity contribution in [2.75, 3.05) is 31.2 Å². The Labute approximate surface area is 192 Å². The molecule has 182 valence electrons. The van der Waals surface area contributed by atoms with Gasteiger partial charge in [-0.2, -0.15) is 18.3 Å². The second kappa shape index (κ2) is 8.03. The molecule has 2 aromatic rings. The minimum Gasteiger partial charge on any atom is -0.481 e. The van der Waals surface area contributed by atoms with Crippen molar-refractivity contribution in [3.05, 3.63) is 35.0 Å². The van der Waals surface area contributed by atoms with E-state index >= 15 is 0 Å². The molecule has 1 saturated carbocycles. The standard InChI is InChI=1S/C22H24F3N5O4/c1-12-9-26-30(14-10-34-11-14)18(12)13-2-4-29(5-3-13)17-6-16(27-19(28-17)22(23,24)25)21(20(32)33)7-15(31)8-21/h6,9,13-14H,2-5,7-8,10-11H2,1H3,(H,32,33). The molecule has 12 heteroatoms. The number of aliphatic carboxylic acids is 1. The van der Waals surface area contributed by atoms with E-state index in [1.54, 1.807) is 4.90 Å². The molecule has 0 spiro atoms. The summed E-state index contributed by atoms with van der Waals surface area (Å²) in [4.78, 5) is 32.5. The third-order valence-electron chi connectivity index (χ3n) is 7.06. The van der Waals surface area contributed by atoms with E-state index in [1.165, 1.54) is 6.07 Å². The van der Waals surface area contributed by atoms with Gasteiger partial charge in [0.2, 0.25) is 5.82 Å². The van der Waals surface area contributed by atoms with E-state index < -0.39 is 23.4 Å². The molecule has 0 unspecified atom stereocenters. The molecule has 5 rings (SSSR count). The Bertz CT molecular complexity index is 1130. The normalized spacial score (nSPS) is 21.3. The summed E-state index contributed by atoms with van der Waals surface area (Å²) in [5.74, 6) is -2.83. The second-order valence-corrected chi connectivity index (χ2v) is 9.32. The number of alkyl halides is 3. The van der Waals surface area contributed by atoms with Crippen molar-refractivity contribution >= 4 is 17.6 Å². The number of piperidine rings is 1. The minimum absolute atomic E-state index is 0.0355. The van der Waals surface area contributed by atoms with E-state index in [0.717, 1.165) is 11.3 Å². The van der Waals surface area contributed by atoms with Crippen LogP contribution in [0.15, 0.2) is 12.3 Å². The van der Waals surface area contributed by atoms with E-state index in [2.05, 4.69) is 15.1 Å². The van der Waals surface area contributed by atoms with Gasteiger partial charge in [-0.25, -0.2) is 9.97 Å². The van der Waals surface area contributed by atoms with Gasteiger partial charge in [0.1, 0.15) is 17.0 Å². The average molecular weight is 479 g/mol. The van der Waals surface area contributed by atoms with Crippen LogP contribution in [0.25, 0.3) is 0 Å². The van der Waals surface area contributed by atoms with Crippen molar-refractivity contribution in [2.45, 2.75) is 56.2 Å². The number of anilines is 1. The molecule has 2 aromatic heterocycles. The summed E-state index contributed by atoms with van der Waals surface area (Å²) in [7, 11) is 0. The SMILES string of the molecule is Cc1cnn(C2COC2)c1C1CCN(c2cc(C3(C(=O)O)CC(=O)C3)nc(C(F)(F)F)n2)CC1. The quantitative estimate of drug-likeness (QED) is 0.697. The number of carbonyl (C=O) groups is 2. The van der Waals surface area contributed by atoms with Crippen LogP contribution in [0, 0.1) is 6.92 Å². The first-order chi connectivity index (χ1) is 16.1. The van der Waals surface area contributed by atoms with Crippen LogP contribution in [-0.4, -0.2) is 62.9 Å². The molecule has 3 aliphatic rings. The van der Waals surface area contributed by atoms with Crippen LogP contribution < -0.4 is 4.90 Å². The van der Waals surface area contributed by atoms with Gasteiger partial charge in [0, 0.05) is 43.6 Å². The van der Waals surface area contributed by atoms with Crippen LogP contribution >= 0.6 is 0 Å². The number of nitrogens with zero attached hydrogens (tertiary/aromatic N) is 5. The smallest absolute Gasteiger partial charge is 0.451 e. The predicted molar refractivity (Wildman–Crippen MR) is 112 cm³/mol. The van der Waals surface area contributed by atoms with Crippen LogP contribution in [0.1, 0.15) is 60.4 Å². The topological polar surface area (TPSA) is 110 Å². The van der Waals surface area contributed by atoms with Crippen LogP contribution in [0.4, 0.5) is 19.0 Å². The fourth-order valence-corrected chi connectivity index (χ4v) is 5.04. The molecule has 0 amide bonds. The molecule has 0 atom stereocenters. The van der Waals surface area contributed by atoms with Gasteiger partial charge in [0.05, 0.1) is 31.1 Å². The van der Waals surface area contributed by atoms with Gasteiger partial charge >= 0.3 is 12.1 Å². The van der Waals surface area contributed by atoms with Crippen molar-refractivity contribution in [1.29, 1.82) is 0 Å². The van der Waals surface area contributed by atoms with E-state index in [0.29, 0.717) is 39.1 Å². The summed E-state index contributed by atoms with van der Waals surface area (Å²) in [5, 5.41) is 14.2. The number of carbonyl (C=O) groups excluding carboxylic acids is 1. The molecule has 4 heterocycles. The third-order valence-corrected chi connectivity index (χ3v) is 7.06. The molecule has 0 radical (unpaired) electrons. The molecular weight excluding hydrogens is 455 g/mol. The molecule has 1 N–H and O–H groups in total. The maximum Gasteiger partial charge on any atom is 0.451 e. The molecule has 1 aliphatic carbocycles. The summed E-state index contributed by atoms with van der Waals surface area (Å²) < 4.78 is 48.0. The Morgan fingerprint density at radius 1 is 1.21 bits per heavy atom. The summed E-state index contributed by atoms with van der Waals surface area (Å²) >= 11 is 0. The van der Waals surface area contributed by atoms with Crippen molar-refractivity contribution < 1.29 is 32.6 Å². The lowest BCUT2D eigenvalue weighted by molar-refractivity contribution is -0.154. The van der Waals surface area contributed by atoms with E-state index in [1.807, 2.05) is 17.8 Å². The molecular formula is C22H24F3N5O4. The van der Waals surface area contributed by atoms with E-state index in [9.17, 15) is 27.9 Å². The highest BCUT2D eigenvalue weighted by molar-refractivity contribution is 6.01. The molecule has 3 fully saturated rings. The number of carboxylic acids is 1. The number of hydrogen-bond acceptors (Lipinski definition) is 7. The van der Waals surface area contributed by atoms with Crippen LogP contribution in [0.5, 0.6) is 0 Å². The van der Waals surface area contributed by atoms with E-state index in [-0.39, 0.29) is 42.1 Å².